The van der Waals surface area contributed by atoms with Crippen LogP contribution in [0.2, 0.25) is 0 Å². The van der Waals surface area contributed by atoms with Crippen LogP contribution in [-0.4, -0.2) is 29.6 Å². The largest absolute Gasteiger partial charge is 0.309 e. The Morgan fingerprint density at radius 3 is 2.35 bits per heavy atom. The molecule has 0 bridgehead atoms. The predicted octanol–water partition coefficient (Wildman–Crippen LogP) is 3.60. The van der Waals surface area contributed by atoms with Gasteiger partial charge in [0.2, 0.25) is 0 Å². The first kappa shape index (κ1) is 15.5. The molecule has 1 aliphatic heterocycles. The van der Waals surface area contributed by atoms with E-state index < -0.39 is 0 Å². The summed E-state index contributed by atoms with van der Waals surface area (Å²) in [6.45, 7) is 12.5. The molecule has 1 aromatic rings. The molecule has 1 aromatic carbocycles. The van der Waals surface area contributed by atoms with Crippen LogP contribution in [0.25, 0.3) is 0 Å². The summed E-state index contributed by atoms with van der Waals surface area (Å²) in [5.74, 6) is 0. The number of nitrogens with one attached hydrogen (secondary N) is 1. The number of hydrogen-bond acceptors (Lipinski definition) is 2. The van der Waals surface area contributed by atoms with Gasteiger partial charge in [-0.15, -0.1) is 0 Å². The van der Waals surface area contributed by atoms with Crippen LogP contribution in [0.15, 0.2) is 24.3 Å². The van der Waals surface area contributed by atoms with Gasteiger partial charge >= 0.3 is 0 Å². The molecule has 2 rings (SSSR count). The van der Waals surface area contributed by atoms with Gasteiger partial charge in [0, 0.05) is 31.2 Å². The highest BCUT2D eigenvalue weighted by molar-refractivity contribution is 5.22. The molecule has 2 heteroatoms. The van der Waals surface area contributed by atoms with E-state index in [4.69, 9.17) is 0 Å². The van der Waals surface area contributed by atoms with Gasteiger partial charge in [-0.05, 0) is 37.3 Å². The van der Waals surface area contributed by atoms with Gasteiger partial charge in [-0.3, -0.25) is 4.90 Å². The van der Waals surface area contributed by atoms with E-state index in [1.54, 1.807) is 0 Å². The molecule has 1 fully saturated rings. The quantitative estimate of drug-likeness (QED) is 0.882. The van der Waals surface area contributed by atoms with E-state index in [-0.39, 0.29) is 5.54 Å². The number of nitrogens with zero attached hydrogens (tertiary/aromatic N) is 1. The zero-order valence-electron chi connectivity index (χ0n) is 13.6. The molecule has 0 amide bonds. The van der Waals surface area contributed by atoms with Gasteiger partial charge in [-0.25, -0.2) is 0 Å². The molecule has 20 heavy (non-hydrogen) atoms. The van der Waals surface area contributed by atoms with E-state index in [0.717, 1.165) is 26.1 Å². The van der Waals surface area contributed by atoms with Crippen molar-refractivity contribution in [2.24, 2.45) is 0 Å². The summed E-state index contributed by atoms with van der Waals surface area (Å²) in [6, 6.07) is 9.82. The monoisotopic (exact) mass is 274 g/mol. The lowest BCUT2D eigenvalue weighted by Gasteiger charge is -2.46. The number of hydrogen-bond donors (Lipinski definition) is 1. The molecule has 0 radical (unpaired) electrons. The van der Waals surface area contributed by atoms with Crippen LogP contribution in [0.5, 0.6) is 0 Å². The zero-order chi connectivity index (χ0) is 14.6. The lowest BCUT2D eigenvalue weighted by Crippen LogP contribution is -2.62. The average molecular weight is 274 g/mol. The average Bonchev–Trinajstić information content (AvgIpc) is 2.48. The van der Waals surface area contributed by atoms with Crippen molar-refractivity contribution in [1.29, 1.82) is 0 Å². The van der Waals surface area contributed by atoms with Crippen LogP contribution in [-0.2, 0) is 13.0 Å². The summed E-state index contributed by atoms with van der Waals surface area (Å²) in [7, 11) is 0. The third-order valence-electron chi connectivity index (χ3n) is 4.90. The molecule has 112 valence electrons. The van der Waals surface area contributed by atoms with E-state index in [9.17, 15) is 0 Å². The van der Waals surface area contributed by atoms with Crippen LogP contribution in [0, 0.1) is 0 Å². The first-order valence-electron chi connectivity index (χ1n) is 8.17. The maximum Gasteiger partial charge on any atom is 0.0278 e. The smallest absolute Gasteiger partial charge is 0.0278 e. The standard InChI is InChI=1S/C18H30N2/c1-5-15-8-10-16(11-9-15)13-20-14-18(4,7-3)19-12-17(20)6-2/h8-11,17,19H,5-7,12-14H2,1-4H3. The van der Waals surface area contributed by atoms with Crippen molar-refractivity contribution in [2.45, 2.75) is 65.1 Å². The molecular formula is C18H30N2. The van der Waals surface area contributed by atoms with E-state index in [0.29, 0.717) is 6.04 Å². The van der Waals surface area contributed by atoms with Crippen molar-refractivity contribution >= 4 is 0 Å². The fourth-order valence-electron chi connectivity index (χ4n) is 3.07. The highest BCUT2D eigenvalue weighted by Gasteiger charge is 2.33. The molecule has 0 spiro atoms. The molecule has 1 N–H and O–H groups in total. The summed E-state index contributed by atoms with van der Waals surface area (Å²) in [5, 5.41) is 3.74. The minimum Gasteiger partial charge on any atom is -0.309 e. The van der Waals surface area contributed by atoms with Gasteiger partial charge in [0.25, 0.3) is 0 Å². The minimum absolute atomic E-state index is 0.273. The van der Waals surface area contributed by atoms with Crippen LogP contribution in [0.1, 0.15) is 51.7 Å². The van der Waals surface area contributed by atoms with E-state index in [2.05, 4.69) is 62.2 Å². The third kappa shape index (κ3) is 3.62. The van der Waals surface area contributed by atoms with Crippen molar-refractivity contribution < 1.29 is 0 Å². The number of benzene rings is 1. The summed E-state index contributed by atoms with van der Waals surface area (Å²) >= 11 is 0. The summed E-state index contributed by atoms with van der Waals surface area (Å²) < 4.78 is 0. The lowest BCUT2D eigenvalue weighted by atomic mass is 9.92. The summed E-state index contributed by atoms with van der Waals surface area (Å²) in [6.07, 6.45) is 3.54. The van der Waals surface area contributed by atoms with Crippen LogP contribution >= 0.6 is 0 Å². The first-order valence-corrected chi connectivity index (χ1v) is 8.17. The van der Waals surface area contributed by atoms with Gasteiger partial charge in [-0.1, -0.05) is 45.0 Å². The summed E-state index contributed by atoms with van der Waals surface area (Å²) in [4.78, 5) is 2.67. The molecule has 0 aromatic heterocycles. The molecule has 2 atom stereocenters. The summed E-state index contributed by atoms with van der Waals surface area (Å²) in [5.41, 5.74) is 3.15. The number of aryl methyl sites for hydroxylation is 1. The van der Waals surface area contributed by atoms with Gasteiger partial charge in [0.1, 0.15) is 0 Å². The second-order valence-electron chi connectivity index (χ2n) is 6.43. The van der Waals surface area contributed by atoms with Gasteiger partial charge in [-0.2, -0.15) is 0 Å². The molecule has 1 aliphatic rings. The zero-order valence-corrected chi connectivity index (χ0v) is 13.6. The number of piperazine rings is 1. The predicted molar refractivity (Wildman–Crippen MR) is 87.0 cm³/mol. The topological polar surface area (TPSA) is 15.3 Å². The molecule has 2 nitrogen and oxygen atoms in total. The normalized spacial score (nSPS) is 27.7. The second kappa shape index (κ2) is 6.73. The minimum atomic E-state index is 0.273. The molecule has 1 saturated heterocycles. The highest BCUT2D eigenvalue weighted by atomic mass is 15.2. The fourth-order valence-corrected chi connectivity index (χ4v) is 3.07. The lowest BCUT2D eigenvalue weighted by molar-refractivity contribution is 0.0755. The third-order valence-corrected chi connectivity index (χ3v) is 4.90. The first-order chi connectivity index (χ1) is 9.60. The fraction of sp³-hybridized carbons (Fsp3) is 0.667. The van der Waals surface area contributed by atoms with Crippen LogP contribution < -0.4 is 5.32 Å². The molecule has 1 heterocycles. The van der Waals surface area contributed by atoms with Crippen molar-refractivity contribution in [3.05, 3.63) is 35.4 Å². The molecular weight excluding hydrogens is 244 g/mol. The van der Waals surface area contributed by atoms with Crippen LogP contribution in [0.4, 0.5) is 0 Å². The van der Waals surface area contributed by atoms with Crippen molar-refractivity contribution in [2.75, 3.05) is 13.1 Å². The highest BCUT2D eigenvalue weighted by Crippen LogP contribution is 2.22. The second-order valence-corrected chi connectivity index (χ2v) is 6.43. The van der Waals surface area contributed by atoms with E-state index in [1.165, 1.54) is 24.0 Å². The van der Waals surface area contributed by atoms with Crippen LogP contribution in [0.3, 0.4) is 0 Å². The van der Waals surface area contributed by atoms with E-state index >= 15 is 0 Å². The SMILES string of the molecule is CCc1ccc(CN2CC(C)(CC)NCC2CC)cc1. The Hall–Kier alpha value is -0.860. The van der Waals surface area contributed by atoms with Gasteiger partial charge < -0.3 is 5.32 Å². The van der Waals surface area contributed by atoms with Crippen molar-refractivity contribution in [3.63, 3.8) is 0 Å². The Morgan fingerprint density at radius 1 is 1.15 bits per heavy atom. The Bertz CT molecular complexity index is 412. The Labute approximate surface area is 124 Å². The van der Waals surface area contributed by atoms with Gasteiger partial charge in [0.05, 0.1) is 0 Å². The van der Waals surface area contributed by atoms with Crippen molar-refractivity contribution in [3.8, 4) is 0 Å². The van der Waals surface area contributed by atoms with E-state index in [1.807, 2.05) is 0 Å². The molecule has 2 unspecified atom stereocenters. The Morgan fingerprint density at radius 2 is 1.80 bits per heavy atom. The molecule has 0 aliphatic carbocycles. The number of rotatable bonds is 5. The maximum atomic E-state index is 3.74. The van der Waals surface area contributed by atoms with Gasteiger partial charge in [0.15, 0.2) is 0 Å². The maximum absolute atomic E-state index is 3.74. The van der Waals surface area contributed by atoms with Crippen molar-refractivity contribution in [1.82, 2.24) is 10.2 Å². The Kier molecular flexibility index (Phi) is 5.22. The molecule has 0 saturated carbocycles. The Balaban J connectivity index is 2.06.